The summed E-state index contributed by atoms with van der Waals surface area (Å²) in [6.07, 6.45) is 0. The van der Waals surface area contributed by atoms with Gasteiger partial charge in [0.05, 0.1) is 5.69 Å². The molecule has 0 saturated carbocycles. The maximum atomic E-state index is 5.01. The molecule has 1 N–H and O–H groups in total. The number of hydrazine groups is 1. The number of nitrogens with one attached hydrogen (secondary N) is 1. The van der Waals surface area contributed by atoms with Crippen LogP contribution in [0.1, 0.15) is 0 Å². The lowest BCUT2D eigenvalue weighted by Gasteiger charge is -1.98. The Morgan fingerprint density at radius 3 is 3.22 bits per heavy atom. The summed E-state index contributed by atoms with van der Waals surface area (Å²) in [5, 5.41) is 1.91. The lowest BCUT2D eigenvalue weighted by Crippen LogP contribution is -2.21. The summed E-state index contributed by atoms with van der Waals surface area (Å²) in [6.45, 7) is 0. The number of rotatable bonds is 0. The molecule has 0 bridgehead atoms. The molecule has 9 heavy (non-hydrogen) atoms. The lowest BCUT2D eigenvalue weighted by molar-refractivity contribution is 0.227. The Balaban J connectivity index is 2.41. The van der Waals surface area contributed by atoms with Gasteiger partial charge in [0, 0.05) is 0 Å². The molecule has 2 aliphatic heterocycles. The van der Waals surface area contributed by atoms with Gasteiger partial charge >= 0.3 is 0 Å². The number of nitrogens with zero attached hydrogens (tertiary/aromatic N) is 1. The van der Waals surface area contributed by atoms with Crippen LogP contribution >= 0.6 is 0 Å². The highest BCUT2D eigenvalue weighted by molar-refractivity contribution is 5.97. The zero-order valence-electron chi connectivity index (χ0n) is 4.59. The van der Waals surface area contributed by atoms with E-state index in [1.165, 1.54) is 11.4 Å². The van der Waals surface area contributed by atoms with E-state index in [1.54, 1.807) is 0 Å². The van der Waals surface area contributed by atoms with E-state index in [0.29, 0.717) is 0 Å². The standard InChI is InChI=1S/C6H4N2O/c1-2-4-6-5(3-1)9-7-8(4)6/h1-3,7H. The molecule has 1 aromatic rings. The summed E-state index contributed by atoms with van der Waals surface area (Å²) >= 11 is 0. The Labute approximate surface area is 51.8 Å². The van der Waals surface area contributed by atoms with Crippen LogP contribution in [0.15, 0.2) is 18.2 Å². The van der Waals surface area contributed by atoms with E-state index in [4.69, 9.17) is 4.84 Å². The Morgan fingerprint density at radius 2 is 2.44 bits per heavy atom. The maximum Gasteiger partial charge on any atom is 0.177 e. The van der Waals surface area contributed by atoms with Crippen LogP contribution in [0, 0.1) is 0 Å². The molecule has 3 heteroatoms. The third-order valence-corrected chi connectivity index (χ3v) is 1.64. The minimum atomic E-state index is 0.938. The van der Waals surface area contributed by atoms with Crippen molar-refractivity contribution in [2.45, 2.75) is 0 Å². The SMILES string of the molecule is c1cc2c3c(c1)N3NO2. The van der Waals surface area contributed by atoms with Crippen molar-refractivity contribution in [2.75, 3.05) is 5.01 Å². The number of benzene rings is 1. The molecule has 2 aliphatic rings. The summed E-state index contributed by atoms with van der Waals surface area (Å²) in [4.78, 5) is 5.01. The molecule has 0 fully saturated rings. The summed E-state index contributed by atoms with van der Waals surface area (Å²) in [5.74, 6) is 0.938. The van der Waals surface area contributed by atoms with Gasteiger partial charge in [-0.3, -0.25) is 0 Å². The van der Waals surface area contributed by atoms with E-state index < -0.39 is 0 Å². The number of fused-ring (bicyclic) bond motifs is 1. The molecular formula is C6H4N2O. The third kappa shape index (κ3) is 0.274. The second-order valence-corrected chi connectivity index (χ2v) is 2.15. The average molecular weight is 120 g/mol. The van der Waals surface area contributed by atoms with Gasteiger partial charge in [-0.25, -0.2) is 5.01 Å². The summed E-state index contributed by atoms with van der Waals surface area (Å²) < 4.78 is 0. The van der Waals surface area contributed by atoms with Crippen LogP contribution < -0.4 is 15.4 Å². The number of para-hydroxylation sites is 1. The lowest BCUT2D eigenvalue weighted by atomic mass is 10.3. The van der Waals surface area contributed by atoms with Crippen molar-refractivity contribution in [3.8, 4) is 5.75 Å². The second-order valence-electron chi connectivity index (χ2n) is 2.15. The highest BCUT2D eigenvalue weighted by Crippen LogP contribution is 2.55. The van der Waals surface area contributed by atoms with Gasteiger partial charge in [-0.05, 0) is 12.1 Å². The first-order valence-corrected chi connectivity index (χ1v) is 2.82. The smallest absolute Gasteiger partial charge is 0.177 e. The van der Waals surface area contributed by atoms with E-state index in [1.807, 2.05) is 23.2 Å². The molecule has 0 atom stereocenters. The zero-order valence-corrected chi connectivity index (χ0v) is 4.59. The summed E-state index contributed by atoms with van der Waals surface area (Å²) in [7, 11) is 0. The monoisotopic (exact) mass is 120 g/mol. The molecule has 0 radical (unpaired) electrons. The highest BCUT2D eigenvalue weighted by atomic mass is 16.7. The minimum absolute atomic E-state index is 0.938. The van der Waals surface area contributed by atoms with Crippen molar-refractivity contribution in [1.29, 1.82) is 0 Å². The first-order chi connectivity index (χ1) is 4.47. The predicted octanol–water partition coefficient (Wildman–Crippen LogP) is 0.950. The van der Waals surface area contributed by atoms with Crippen molar-refractivity contribution in [1.82, 2.24) is 5.59 Å². The van der Waals surface area contributed by atoms with Gasteiger partial charge in [0.1, 0.15) is 5.69 Å². The van der Waals surface area contributed by atoms with Crippen molar-refractivity contribution >= 4 is 11.4 Å². The molecule has 0 aliphatic carbocycles. The van der Waals surface area contributed by atoms with Gasteiger partial charge in [0.25, 0.3) is 0 Å². The Morgan fingerprint density at radius 1 is 1.44 bits per heavy atom. The highest BCUT2D eigenvalue weighted by Gasteiger charge is 2.39. The van der Waals surface area contributed by atoms with E-state index in [9.17, 15) is 0 Å². The molecule has 3 nitrogen and oxygen atoms in total. The van der Waals surface area contributed by atoms with Gasteiger partial charge in [0.2, 0.25) is 0 Å². The van der Waals surface area contributed by atoms with E-state index in [0.717, 1.165) is 5.75 Å². The topological polar surface area (TPSA) is 24.3 Å². The normalized spacial score (nSPS) is 17.1. The first-order valence-electron chi connectivity index (χ1n) is 2.82. The molecule has 0 saturated heterocycles. The van der Waals surface area contributed by atoms with E-state index >= 15 is 0 Å². The molecule has 0 amide bonds. The van der Waals surface area contributed by atoms with Crippen LogP contribution in [0.3, 0.4) is 0 Å². The molecule has 3 rings (SSSR count). The van der Waals surface area contributed by atoms with Crippen LogP contribution in [-0.4, -0.2) is 0 Å². The van der Waals surface area contributed by atoms with Gasteiger partial charge in [-0.15, -0.1) is 0 Å². The minimum Gasteiger partial charge on any atom is -0.386 e. The Kier molecular flexibility index (Phi) is 0.378. The average Bonchev–Trinajstić information content (AvgIpc) is 2.35. The van der Waals surface area contributed by atoms with Crippen molar-refractivity contribution < 1.29 is 4.84 Å². The van der Waals surface area contributed by atoms with Gasteiger partial charge < -0.3 is 4.84 Å². The first kappa shape index (κ1) is 3.74. The van der Waals surface area contributed by atoms with Crippen LogP contribution in [0.4, 0.5) is 11.4 Å². The molecule has 44 valence electrons. The van der Waals surface area contributed by atoms with Crippen LogP contribution in [0.5, 0.6) is 5.75 Å². The number of hydrogen-bond acceptors (Lipinski definition) is 3. The van der Waals surface area contributed by atoms with Gasteiger partial charge in [0.15, 0.2) is 5.75 Å². The van der Waals surface area contributed by atoms with E-state index in [-0.39, 0.29) is 0 Å². The van der Waals surface area contributed by atoms with Crippen LogP contribution in [0.25, 0.3) is 0 Å². The van der Waals surface area contributed by atoms with Crippen LogP contribution in [0.2, 0.25) is 0 Å². The Bertz CT molecular complexity index is 284. The molecule has 1 aromatic carbocycles. The van der Waals surface area contributed by atoms with Crippen LogP contribution in [-0.2, 0) is 0 Å². The maximum absolute atomic E-state index is 5.01. The second kappa shape index (κ2) is 0.910. The zero-order chi connectivity index (χ0) is 5.84. The molecular weight excluding hydrogens is 116 g/mol. The summed E-state index contributed by atoms with van der Waals surface area (Å²) in [6, 6.07) is 5.97. The number of hydrogen-bond donors (Lipinski definition) is 1. The summed E-state index contributed by atoms with van der Waals surface area (Å²) in [5.41, 5.74) is 5.16. The molecule has 0 spiro atoms. The largest absolute Gasteiger partial charge is 0.386 e. The third-order valence-electron chi connectivity index (χ3n) is 1.64. The van der Waals surface area contributed by atoms with E-state index in [2.05, 4.69) is 5.59 Å². The van der Waals surface area contributed by atoms with Crippen molar-refractivity contribution in [3.63, 3.8) is 0 Å². The predicted molar refractivity (Wildman–Crippen MR) is 32.3 cm³/mol. The molecule has 2 heterocycles. The van der Waals surface area contributed by atoms with Crippen molar-refractivity contribution in [3.05, 3.63) is 18.2 Å². The fraction of sp³-hybridized carbons (Fsp3) is 0. The fourth-order valence-corrected chi connectivity index (χ4v) is 1.15. The van der Waals surface area contributed by atoms with Gasteiger partial charge in [-0.2, -0.15) is 0 Å². The molecule has 0 unspecified atom stereocenters. The van der Waals surface area contributed by atoms with Crippen molar-refractivity contribution in [2.24, 2.45) is 0 Å². The number of anilines is 2. The molecule has 0 aromatic heterocycles. The fourth-order valence-electron chi connectivity index (χ4n) is 1.15. The quantitative estimate of drug-likeness (QED) is 0.516. The Hall–Kier alpha value is -1.22. The van der Waals surface area contributed by atoms with Gasteiger partial charge in [-0.1, -0.05) is 11.7 Å².